The van der Waals surface area contributed by atoms with E-state index in [0.29, 0.717) is 30.0 Å². The molecule has 0 bridgehead atoms. The number of imidazole rings is 1. The van der Waals surface area contributed by atoms with Gasteiger partial charge in [-0.15, -0.1) is 11.3 Å². The fraction of sp³-hybridized carbons (Fsp3) is 0.476. The van der Waals surface area contributed by atoms with Gasteiger partial charge in [0, 0.05) is 26.2 Å². The van der Waals surface area contributed by atoms with E-state index in [9.17, 15) is 4.79 Å². The number of nitrogens with zero attached hydrogens (tertiary/aromatic N) is 3. The van der Waals surface area contributed by atoms with Crippen molar-refractivity contribution < 1.29 is 9.53 Å². The van der Waals surface area contributed by atoms with Crippen LogP contribution in [-0.4, -0.2) is 33.7 Å². The molecule has 6 nitrogen and oxygen atoms in total. The van der Waals surface area contributed by atoms with Crippen molar-refractivity contribution in [3.8, 4) is 0 Å². The minimum Gasteiger partial charge on any atom is -0.382 e. The van der Waals surface area contributed by atoms with Crippen LogP contribution in [0.2, 0.25) is 0 Å². The van der Waals surface area contributed by atoms with Gasteiger partial charge in [0.1, 0.15) is 4.88 Å². The van der Waals surface area contributed by atoms with Gasteiger partial charge in [0.15, 0.2) is 0 Å². The zero-order valence-electron chi connectivity index (χ0n) is 17.0. The van der Waals surface area contributed by atoms with Gasteiger partial charge in [-0.1, -0.05) is 26.0 Å². The number of hydrogen-bond donors (Lipinski definition) is 1. The SMILES string of the molecule is CCOCCCn1c(NC(=O)c2sc(CC(C)C)nc2C)nc2ccccc21. The fourth-order valence-electron chi connectivity index (χ4n) is 3.12. The van der Waals surface area contributed by atoms with E-state index in [1.165, 1.54) is 11.3 Å². The second-order valence-corrected chi connectivity index (χ2v) is 8.28. The van der Waals surface area contributed by atoms with Crippen LogP contribution in [0.1, 0.15) is 47.6 Å². The Hall–Kier alpha value is -2.25. The standard InChI is InChI=1S/C21H28N4O2S/c1-5-27-12-8-11-25-17-10-7-6-9-16(17)23-21(25)24-20(26)19-15(4)22-18(28-19)13-14(2)3/h6-7,9-10,14H,5,8,11-13H2,1-4H3,(H,23,24,26). The second-order valence-electron chi connectivity index (χ2n) is 7.20. The average Bonchev–Trinajstić information content (AvgIpc) is 3.18. The van der Waals surface area contributed by atoms with Crippen molar-refractivity contribution in [2.45, 2.75) is 47.1 Å². The molecule has 0 radical (unpaired) electrons. The minimum absolute atomic E-state index is 0.147. The number of rotatable bonds is 9. The Morgan fingerprint density at radius 3 is 2.82 bits per heavy atom. The van der Waals surface area contributed by atoms with Crippen molar-refractivity contribution in [3.63, 3.8) is 0 Å². The van der Waals surface area contributed by atoms with Crippen molar-refractivity contribution in [1.82, 2.24) is 14.5 Å². The van der Waals surface area contributed by atoms with E-state index in [4.69, 9.17) is 4.74 Å². The summed E-state index contributed by atoms with van der Waals surface area (Å²) in [5.41, 5.74) is 2.66. The fourth-order valence-corrected chi connectivity index (χ4v) is 4.30. The third-order valence-electron chi connectivity index (χ3n) is 4.38. The van der Waals surface area contributed by atoms with Crippen molar-refractivity contribution in [1.29, 1.82) is 0 Å². The summed E-state index contributed by atoms with van der Waals surface area (Å²) < 4.78 is 7.51. The number of fused-ring (bicyclic) bond motifs is 1. The number of carbonyl (C=O) groups excluding carboxylic acids is 1. The Balaban J connectivity index is 1.83. The Labute approximate surface area is 170 Å². The van der Waals surface area contributed by atoms with Crippen LogP contribution in [-0.2, 0) is 17.7 Å². The minimum atomic E-state index is -0.147. The normalized spacial score (nSPS) is 11.5. The van der Waals surface area contributed by atoms with Crippen LogP contribution in [0.15, 0.2) is 24.3 Å². The lowest BCUT2D eigenvalue weighted by molar-refractivity contribution is 0.102. The first kappa shape index (κ1) is 20.5. The highest BCUT2D eigenvalue weighted by atomic mass is 32.1. The van der Waals surface area contributed by atoms with Crippen LogP contribution in [0, 0.1) is 12.8 Å². The molecule has 0 unspecified atom stereocenters. The van der Waals surface area contributed by atoms with Gasteiger partial charge in [-0.25, -0.2) is 9.97 Å². The van der Waals surface area contributed by atoms with Gasteiger partial charge in [0.05, 0.1) is 21.7 Å². The lowest BCUT2D eigenvalue weighted by Gasteiger charge is -2.10. The number of anilines is 1. The molecule has 0 aliphatic heterocycles. The largest absolute Gasteiger partial charge is 0.382 e. The molecule has 3 aromatic rings. The number of aromatic nitrogens is 3. The molecule has 0 fully saturated rings. The highest BCUT2D eigenvalue weighted by molar-refractivity contribution is 7.13. The predicted octanol–water partition coefficient (Wildman–Crippen LogP) is 4.68. The molecule has 0 aliphatic carbocycles. The molecule has 150 valence electrons. The van der Waals surface area contributed by atoms with Crippen LogP contribution in [0.25, 0.3) is 11.0 Å². The van der Waals surface area contributed by atoms with E-state index >= 15 is 0 Å². The van der Waals surface area contributed by atoms with E-state index in [1.807, 2.05) is 38.1 Å². The van der Waals surface area contributed by atoms with E-state index in [2.05, 4.69) is 33.7 Å². The number of hydrogen-bond acceptors (Lipinski definition) is 5. The van der Waals surface area contributed by atoms with E-state index < -0.39 is 0 Å². The highest BCUT2D eigenvalue weighted by Crippen LogP contribution is 2.24. The van der Waals surface area contributed by atoms with Gasteiger partial charge in [-0.2, -0.15) is 0 Å². The summed E-state index contributed by atoms with van der Waals surface area (Å²) in [7, 11) is 0. The number of para-hydroxylation sites is 2. The monoisotopic (exact) mass is 400 g/mol. The highest BCUT2D eigenvalue weighted by Gasteiger charge is 2.19. The number of amides is 1. The third-order valence-corrected chi connectivity index (χ3v) is 5.56. The number of ether oxygens (including phenoxy) is 1. The Morgan fingerprint density at radius 2 is 2.07 bits per heavy atom. The molecule has 0 saturated heterocycles. The molecule has 0 atom stereocenters. The Morgan fingerprint density at radius 1 is 1.29 bits per heavy atom. The lowest BCUT2D eigenvalue weighted by atomic mass is 10.1. The summed E-state index contributed by atoms with van der Waals surface area (Å²) in [6, 6.07) is 7.93. The van der Waals surface area contributed by atoms with Crippen LogP contribution >= 0.6 is 11.3 Å². The quantitative estimate of drug-likeness (QED) is 0.530. The van der Waals surface area contributed by atoms with E-state index in [0.717, 1.165) is 41.1 Å². The van der Waals surface area contributed by atoms with Crippen LogP contribution in [0.4, 0.5) is 5.95 Å². The van der Waals surface area contributed by atoms with E-state index in [1.54, 1.807) is 0 Å². The molecule has 1 N–H and O–H groups in total. The zero-order valence-corrected chi connectivity index (χ0v) is 17.8. The van der Waals surface area contributed by atoms with Gasteiger partial charge >= 0.3 is 0 Å². The lowest BCUT2D eigenvalue weighted by Crippen LogP contribution is -2.16. The number of nitrogens with one attached hydrogen (secondary N) is 1. The molecule has 0 spiro atoms. The van der Waals surface area contributed by atoms with Gasteiger partial charge in [0.2, 0.25) is 5.95 Å². The van der Waals surface area contributed by atoms with Gasteiger partial charge in [-0.05, 0) is 38.3 Å². The molecule has 0 aliphatic rings. The van der Waals surface area contributed by atoms with Gasteiger partial charge in [0.25, 0.3) is 5.91 Å². The zero-order chi connectivity index (χ0) is 20.1. The molecule has 2 heterocycles. The second kappa shape index (κ2) is 9.30. The number of thiazole rings is 1. The summed E-state index contributed by atoms with van der Waals surface area (Å²) in [6.45, 7) is 10.3. The number of carbonyl (C=O) groups is 1. The molecule has 2 aromatic heterocycles. The predicted molar refractivity (Wildman–Crippen MR) is 114 cm³/mol. The molecule has 7 heteroatoms. The summed E-state index contributed by atoms with van der Waals surface area (Å²) in [4.78, 5) is 22.8. The first-order valence-corrected chi connectivity index (χ1v) is 10.6. The van der Waals surface area contributed by atoms with Crippen molar-refractivity contribution in [2.75, 3.05) is 18.5 Å². The maximum Gasteiger partial charge on any atom is 0.269 e. The number of aryl methyl sites for hydroxylation is 2. The molecule has 28 heavy (non-hydrogen) atoms. The van der Waals surface area contributed by atoms with Crippen LogP contribution in [0.3, 0.4) is 0 Å². The summed E-state index contributed by atoms with van der Waals surface area (Å²) in [5, 5.41) is 4.01. The average molecular weight is 401 g/mol. The summed E-state index contributed by atoms with van der Waals surface area (Å²) in [5.74, 6) is 0.934. The molecular weight excluding hydrogens is 372 g/mol. The summed E-state index contributed by atoms with van der Waals surface area (Å²) >= 11 is 1.47. The van der Waals surface area contributed by atoms with Gasteiger partial charge < -0.3 is 9.30 Å². The summed E-state index contributed by atoms with van der Waals surface area (Å²) in [6.07, 6.45) is 1.74. The molecule has 0 saturated carbocycles. The number of benzene rings is 1. The molecule has 1 amide bonds. The maximum absolute atomic E-state index is 12.9. The first-order valence-electron chi connectivity index (χ1n) is 9.80. The topological polar surface area (TPSA) is 69.0 Å². The molecule has 3 rings (SSSR count). The van der Waals surface area contributed by atoms with E-state index in [-0.39, 0.29) is 5.91 Å². The Kier molecular flexibility index (Phi) is 6.80. The molecule has 1 aromatic carbocycles. The van der Waals surface area contributed by atoms with Crippen LogP contribution < -0.4 is 5.32 Å². The maximum atomic E-state index is 12.9. The smallest absolute Gasteiger partial charge is 0.269 e. The van der Waals surface area contributed by atoms with Crippen LogP contribution in [0.5, 0.6) is 0 Å². The van der Waals surface area contributed by atoms with Gasteiger partial charge in [-0.3, -0.25) is 10.1 Å². The van der Waals surface area contributed by atoms with Crippen molar-refractivity contribution >= 4 is 34.2 Å². The van der Waals surface area contributed by atoms with Crippen molar-refractivity contribution in [2.24, 2.45) is 5.92 Å². The Bertz CT molecular complexity index is 945. The first-order chi connectivity index (χ1) is 13.5. The van der Waals surface area contributed by atoms with Crippen molar-refractivity contribution in [3.05, 3.63) is 39.8 Å². The third kappa shape index (κ3) is 4.77. The molecular formula is C21H28N4O2S.